The summed E-state index contributed by atoms with van der Waals surface area (Å²) in [6, 6.07) is 79.6. The molecule has 0 radical (unpaired) electrons. The third-order valence-electron chi connectivity index (χ3n) is 11.3. The molecular formula is C54H36N2. The molecule has 0 saturated carbocycles. The van der Waals surface area contributed by atoms with E-state index in [1.54, 1.807) is 0 Å². The average Bonchev–Trinajstić information content (AvgIpc) is 3.60. The van der Waals surface area contributed by atoms with Crippen molar-refractivity contribution in [1.29, 1.82) is 0 Å². The second-order valence-corrected chi connectivity index (χ2v) is 14.5. The van der Waals surface area contributed by atoms with E-state index in [1.807, 2.05) is 0 Å². The highest BCUT2D eigenvalue weighted by molar-refractivity contribution is 6.17. The number of hydrogen-bond acceptors (Lipinski definition) is 1. The van der Waals surface area contributed by atoms with Crippen LogP contribution in [-0.4, -0.2) is 4.57 Å². The molecule has 0 bridgehead atoms. The van der Waals surface area contributed by atoms with E-state index >= 15 is 0 Å². The fraction of sp³-hybridized carbons (Fsp3) is 0. The first-order chi connectivity index (χ1) is 27.8. The Kier molecular flexibility index (Phi) is 7.53. The topological polar surface area (TPSA) is 8.17 Å². The molecule has 2 nitrogen and oxygen atoms in total. The van der Waals surface area contributed by atoms with Crippen LogP contribution in [0.15, 0.2) is 218 Å². The predicted molar refractivity (Wildman–Crippen MR) is 239 cm³/mol. The number of anilines is 3. The molecular weight excluding hydrogens is 677 g/mol. The van der Waals surface area contributed by atoms with E-state index < -0.39 is 0 Å². The SMILES string of the molecule is c1ccc(N(c2ccc3c4ccccc4n(-c4ccccc4)c3c2)c2cccc(-c3cc4ccccc4c4ccccc34)c2-c2cccc3ccccc23)cc1. The molecule has 0 aliphatic carbocycles. The molecule has 0 spiro atoms. The summed E-state index contributed by atoms with van der Waals surface area (Å²) in [5.74, 6) is 0. The molecule has 56 heavy (non-hydrogen) atoms. The number of benzene rings is 10. The van der Waals surface area contributed by atoms with Crippen LogP contribution in [0.2, 0.25) is 0 Å². The van der Waals surface area contributed by atoms with Crippen LogP contribution in [0.25, 0.3) is 82.1 Å². The summed E-state index contributed by atoms with van der Waals surface area (Å²) in [5, 5.41) is 9.91. The molecule has 0 fully saturated rings. The molecule has 11 aromatic rings. The standard InChI is InChI=1S/C54H36N2/c1-3-20-39(21-4-1)55(41-33-34-47-46-28-13-14-31-51(46)56(53(47)36-41)40-22-5-2-6-23-40)52-32-16-30-49(54(52)48-29-15-19-37-17-7-9-24-42(37)48)50-35-38-18-8-10-25-43(38)44-26-11-12-27-45(44)50/h1-36H. The summed E-state index contributed by atoms with van der Waals surface area (Å²) >= 11 is 0. The maximum absolute atomic E-state index is 2.45. The van der Waals surface area contributed by atoms with E-state index in [0.29, 0.717) is 0 Å². The highest BCUT2D eigenvalue weighted by Gasteiger charge is 2.24. The van der Waals surface area contributed by atoms with Gasteiger partial charge in [-0.1, -0.05) is 164 Å². The number of para-hydroxylation sites is 3. The smallest absolute Gasteiger partial charge is 0.0561 e. The number of nitrogens with zero attached hydrogens (tertiary/aromatic N) is 2. The number of fused-ring (bicyclic) bond motifs is 7. The molecule has 2 heteroatoms. The van der Waals surface area contributed by atoms with Crippen molar-refractivity contribution < 1.29 is 0 Å². The highest BCUT2D eigenvalue weighted by atomic mass is 15.1. The first-order valence-corrected chi connectivity index (χ1v) is 19.3. The molecule has 0 amide bonds. The minimum Gasteiger partial charge on any atom is -0.310 e. The van der Waals surface area contributed by atoms with E-state index in [4.69, 9.17) is 0 Å². The van der Waals surface area contributed by atoms with Gasteiger partial charge in [-0.05, 0) is 104 Å². The Bertz CT molecular complexity index is 3240. The van der Waals surface area contributed by atoms with Gasteiger partial charge in [0.05, 0.1) is 16.7 Å². The van der Waals surface area contributed by atoms with Crippen LogP contribution in [0.1, 0.15) is 0 Å². The van der Waals surface area contributed by atoms with Gasteiger partial charge in [0, 0.05) is 33.4 Å². The largest absolute Gasteiger partial charge is 0.310 e. The highest BCUT2D eigenvalue weighted by Crippen LogP contribution is 2.49. The third kappa shape index (κ3) is 5.11. The average molecular weight is 713 g/mol. The Morgan fingerprint density at radius 1 is 0.304 bits per heavy atom. The van der Waals surface area contributed by atoms with Crippen LogP contribution in [0, 0.1) is 0 Å². The van der Waals surface area contributed by atoms with E-state index in [-0.39, 0.29) is 0 Å². The van der Waals surface area contributed by atoms with Crippen molar-refractivity contribution in [3.05, 3.63) is 218 Å². The minimum atomic E-state index is 1.09. The first kappa shape index (κ1) is 32.0. The summed E-state index contributed by atoms with van der Waals surface area (Å²) < 4.78 is 2.40. The summed E-state index contributed by atoms with van der Waals surface area (Å²) in [4.78, 5) is 2.45. The van der Waals surface area contributed by atoms with Crippen molar-refractivity contribution in [1.82, 2.24) is 4.57 Å². The van der Waals surface area contributed by atoms with Crippen molar-refractivity contribution in [3.63, 3.8) is 0 Å². The van der Waals surface area contributed by atoms with Crippen LogP contribution in [0.4, 0.5) is 17.1 Å². The first-order valence-electron chi connectivity index (χ1n) is 19.3. The number of rotatable bonds is 6. The Morgan fingerprint density at radius 2 is 0.893 bits per heavy atom. The summed E-state index contributed by atoms with van der Waals surface area (Å²) in [5.41, 5.74) is 11.6. The predicted octanol–water partition coefficient (Wildman–Crippen LogP) is 15.0. The van der Waals surface area contributed by atoms with Crippen molar-refractivity contribution >= 4 is 71.2 Å². The Balaban J connectivity index is 1.26. The van der Waals surface area contributed by atoms with Crippen LogP contribution >= 0.6 is 0 Å². The normalized spacial score (nSPS) is 11.6. The molecule has 11 rings (SSSR count). The Hall–Kier alpha value is -7.42. The Labute approximate surface area is 325 Å². The quantitative estimate of drug-likeness (QED) is 0.156. The van der Waals surface area contributed by atoms with Crippen LogP contribution < -0.4 is 4.90 Å². The van der Waals surface area contributed by atoms with Gasteiger partial charge in [-0.25, -0.2) is 0 Å². The van der Waals surface area contributed by atoms with Crippen molar-refractivity contribution in [2.24, 2.45) is 0 Å². The zero-order chi connectivity index (χ0) is 37.0. The maximum atomic E-state index is 2.45. The van der Waals surface area contributed by atoms with Crippen molar-refractivity contribution in [2.75, 3.05) is 4.90 Å². The van der Waals surface area contributed by atoms with Crippen LogP contribution in [0.5, 0.6) is 0 Å². The molecule has 262 valence electrons. The molecule has 0 N–H and O–H groups in total. The monoisotopic (exact) mass is 712 g/mol. The van der Waals surface area contributed by atoms with E-state index in [0.717, 1.165) is 22.7 Å². The molecule has 0 atom stereocenters. The zero-order valence-electron chi connectivity index (χ0n) is 30.7. The van der Waals surface area contributed by atoms with Crippen molar-refractivity contribution in [2.45, 2.75) is 0 Å². The lowest BCUT2D eigenvalue weighted by atomic mass is 9.86. The van der Waals surface area contributed by atoms with Crippen LogP contribution in [-0.2, 0) is 0 Å². The Morgan fingerprint density at radius 3 is 1.71 bits per heavy atom. The molecule has 10 aromatic carbocycles. The van der Waals surface area contributed by atoms with Gasteiger partial charge in [-0.15, -0.1) is 0 Å². The van der Waals surface area contributed by atoms with Gasteiger partial charge >= 0.3 is 0 Å². The summed E-state index contributed by atoms with van der Waals surface area (Å²) in [6.45, 7) is 0. The van der Waals surface area contributed by atoms with Gasteiger partial charge in [0.25, 0.3) is 0 Å². The van der Waals surface area contributed by atoms with Gasteiger partial charge in [0.1, 0.15) is 0 Å². The fourth-order valence-electron chi connectivity index (χ4n) is 8.91. The van der Waals surface area contributed by atoms with Gasteiger partial charge in [0.2, 0.25) is 0 Å². The molecule has 0 aliphatic heterocycles. The zero-order valence-corrected chi connectivity index (χ0v) is 30.7. The molecule has 1 aromatic heterocycles. The lowest BCUT2D eigenvalue weighted by molar-refractivity contribution is 1.18. The second-order valence-electron chi connectivity index (χ2n) is 14.5. The van der Waals surface area contributed by atoms with Gasteiger partial charge < -0.3 is 9.47 Å². The molecule has 0 saturated heterocycles. The van der Waals surface area contributed by atoms with Crippen molar-refractivity contribution in [3.8, 4) is 27.9 Å². The van der Waals surface area contributed by atoms with Gasteiger partial charge in [-0.3, -0.25) is 0 Å². The van der Waals surface area contributed by atoms with Gasteiger partial charge in [-0.2, -0.15) is 0 Å². The second kappa shape index (κ2) is 13.2. The number of aromatic nitrogens is 1. The minimum absolute atomic E-state index is 1.09. The third-order valence-corrected chi connectivity index (χ3v) is 11.3. The molecule has 1 heterocycles. The molecule has 0 unspecified atom stereocenters. The number of hydrogen-bond donors (Lipinski definition) is 0. The maximum Gasteiger partial charge on any atom is 0.0561 e. The lowest BCUT2D eigenvalue weighted by Crippen LogP contribution is -2.12. The van der Waals surface area contributed by atoms with E-state index in [1.165, 1.54) is 76.4 Å². The lowest BCUT2D eigenvalue weighted by Gasteiger charge is -2.30. The fourth-order valence-corrected chi connectivity index (χ4v) is 8.91. The van der Waals surface area contributed by atoms with Crippen LogP contribution in [0.3, 0.4) is 0 Å². The van der Waals surface area contributed by atoms with E-state index in [9.17, 15) is 0 Å². The summed E-state index contributed by atoms with van der Waals surface area (Å²) in [7, 11) is 0. The van der Waals surface area contributed by atoms with Gasteiger partial charge in [0.15, 0.2) is 0 Å². The summed E-state index contributed by atoms with van der Waals surface area (Å²) in [6.07, 6.45) is 0. The van der Waals surface area contributed by atoms with E-state index in [2.05, 4.69) is 228 Å². The molecule has 0 aliphatic rings.